The molecule has 0 saturated heterocycles. The van der Waals surface area contributed by atoms with Crippen molar-refractivity contribution >= 4 is 5.91 Å². The maximum Gasteiger partial charge on any atom is 0.254 e. The predicted octanol–water partition coefficient (Wildman–Crippen LogP) is 3.02. The third kappa shape index (κ3) is 3.76. The van der Waals surface area contributed by atoms with Crippen LogP contribution in [0.1, 0.15) is 54.2 Å². The van der Waals surface area contributed by atoms with E-state index in [1.54, 1.807) is 6.20 Å². The number of benzene rings is 1. The molecule has 0 bridgehead atoms. The fraction of sp³-hybridized carbons (Fsp3) is 0.500. The second kappa shape index (κ2) is 7.83. The molecule has 1 aromatic heterocycles. The fourth-order valence-electron chi connectivity index (χ4n) is 3.66. The van der Waals surface area contributed by atoms with Gasteiger partial charge in [0.25, 0.3) is 5.91 Å². The molecule has 5 heteroatoms. The first-order valence-corrected chi connectivity index (χ1v) is 9.18. The molecule has 1 aromatic carbocycles. The van der Waals surface area contributed by atoms with Gasteiger partial charge in [-0.15, -0.1) is 0 Å². The highest BCUT2D eigenvalue weighted by Crippen LogP contribution is 2.24. The summed E-state index contributed by atoms with van der Waals surface area (Å²) in [5.41, 5.74) is 3.75. The summed E-state index contributed by atoms with van der Waals surface area (Å²) < 4.78 is 1.88. The molecule has 0 atom stereocenters. The van der Waals surface area contributed by atoms with Crippen LogP contribution < -0.4 is 5.32 Å². The van der Waals surface area contributed by atoms with Gasteiger partial charge >= 0.3 is 0 Å². The van der Waals surface area contributed by atoms with Gasteiger partial charge in [0, 0.05) is 12.6 Å². The summed E-state index contributed by atoms with van der Waals surface area (Å²) in [6, 6.07) is 8.27. The highest BCUT2D eigenvalue weighted by atomic mass is 16.3. The van der Waals surface area contributed by atoms with Crippen LogP contribution in [0.5, 0.6) is 0 Å². The first-order valence-electron chi connectivity index (χ1n) is 9.18. The highest BCUT2D eigenvalue weighted by molar-refractivity contribution is 5.95. The van der Waals surface area contributed by atoms with E-state index < -0.39 is 0 Å². The van der Waals surface area contributed by atoms with Crippen molar-refractivity contribution in [1.82, 2.24) is 15.1 Å². The summed E-state index contributed by atoms with van der Waals surface area (Å²) >= 11 is 0. The van der Waals surface area contributed by atoms with Crippen LogP contribution in [-0.4, -0.2) is 33.4 Å². The van der Waals surface area contributed by atoms with Gasteiger partial charge in [-0.1, -0.05) is 25.1 Å². The number of nitrogens with zero attached hydrogens (tertiary/aromatic N) is 2. The summed E-state index contributed by atoms with van der Waals surface area (Å²) in [6.07, 6.45) is 6.25. The van der Waals surface area contributed by atoms with Crippen molar-refractivity contribution in [3.63, 3.8) is 0 Å². The van der Waals surface area contributed by atoms with Crippen molar-refractivity contribution in [2.24, 2.45) is 5.92 Å². The van der Waals surface area contributed by atoms with Gasteiger partial charge in [0.2, 0.25) is 0 Å². The topological polar surface area (TPSA) is 67.2 Å². The van der Waals surface area contributed by atoms with Crippen molar-refractivity contribution in [3.05, 3.63) is 47.3 Å². The number of nitrogens with one attached hydrogen (secondary N) is 1. The smallest absolute Gasteiger partial charge is 0.254 e. The number of para-hydroxylation sites is 1. The molecule has 3 rings (SSSR count). The normalized spacial score (nSPS) is 20.4. The maximum absolute atomic E-state index is 12.8. The van der Waals surface area contributed by atoms with Crippen molar-refractivity contribution in [2.45, 2.75) is 52.0 Å². The monoisotopic (exact) mass is 341 g/mol. The van der Waals surface area contributed by atoms with Gasteiger partial charge in [-0.2, -0.15) is 5.10 Å². The molecule has 1 amide bonds. The van der Waals surface area contributed by atoms with Gasteiger partial charge in [0.15, 0.2) is 0 Å². The lowest BCUT2D eigenvalue weighted by atomic mass is 9.86. The molecule has 0 radical (unpaired) electrons. The zero-order valence-corrected chi connectivity index (χ0v) is 15.0. The zero-order valence-electron chi connectivity index (χ0n) is 15.0. The van der Waals surface area contributed by atoms with E-state index in [0.29, 0.717) is 11.5 Å². The Kier molecular flexibility index (Phi) is 5.53. The van der Waals surface area contributed by atoms with E-state index in [1.807, 2.05) is 22.9 Å². The molecule has 2 N–H and O–H groups in total. The standard InChI is InChI=1S/C20H27N3O2/c1-3-18-17(12-21-23(18)19-7-5-4-6-14(19)2)20(25)22-16-10-8-15(13-24)9-11-16/h4-7,12,15-16,24H,3,8-11,13H2,1-2H3,(H,22,25). The van der Waals surface area contributed by atoms with E-state index in [9.17, 15) is 9.90 Å². The Balaban J connectivity index is 1.77. The molecule has 25 heavy (non-hydrogen) atoms. The molecule has 1 aliphatic rings. The number of rotatable bonds is 5. The highest BCUT2D eigenvalue weighted by Gasteiger charge is 2.24. The average molecular weight is 341 g/mol. The Labute approximate surface area is 149 Å². The first-order chi connectivity index (χ1) is 12.1. The molecule has 1 heterocycles. The van der Waals surface area contributed by atoms with Gasteiger partial charge in [0.1, 0.15) is 0 Å². The van der Waals surface area contributed by atoms with Crippen LogP contribution in [0.15, 0.2) is 30.5 Å². The Hall–Kier alpha value is -2.14. The Morgan fingerprint density at radius 3 is 2.64 bits per heavy atom. The summed E-state index contributed by atoms with van der Waals surface area (Å²) in [6.45, 7) is 4.36. The molecular weight excluding hydrogens is 314 g/mol. The van der Waals surface area contributed by atoms with Gasteiger partial charge < -0.3 is 10.4 Å². The molecule has 1 aliphatic carbocycles. The number of aryl methyl sites for hydroxylation is 1. The minimum absolute atomic E-state index is 0.0378. The van der Waals surface area contributed by atoms with Crippen LogP contribution >= 0.6 is 0 Å². The van der Waals surface area contributed by atoms with E-state index in [4.69, 9.17) is 0 Å². The third-order valence-corrected chi connectivity index (χ3v) is 5.23. The second-order valence-corrected chi connectivity index (χ2v) is 6.93. The Bertz CT molecular complexity index is 730. The molecule has 1 saturated carbocycles. The summed E-state index contributed by atoms with van der Waals surface area (Å²) in [4.78, 5) is 12.8. The molecular formula is C20H27N3O2. The average Bonchev–Trinajstić information content (AvgIpc) is 3.06. The number of aromatic nitrogens is 2. The van der Waals surface area contributed by atoms with Gasteiger partial charge in [-0.3, -0.25) is 4.79 Å². The Morgan fingerprint density at radius 2 is 2.00 bits per heavy atom. The molecule has 0 aliphatic heterocycles. The second-order valence-electron chi connectivity index (χ2n) is 6.93. The number of aliphatic hydroxyl groups excluding tert-OH is 1. The van der Waals surface area contributed by atoms with E-state index >= 15 is 0 Å². The van der Waals surface area contributed by atoms with Crippen molar-refractivity contribution in [1.29, 1.82) is 0 Å². The quantitative estimate of drug-likeness (QED) is 0.878. The minimum Gasteiger partial charge on any atom is -0.396 e. The lowest BCUT2D eigenvalue weighted by Gasteiger charge is -2.27. The van der Waals surface area contributed by atoms with E-state index in [0.717, 1.165) is 49.0 Å². The molecule has 1 fully saturated rings. The zero-order chi connectivity index (χ0) is 17.8. The largest absolute Gasteiger partial charge is 0.396 e. The molecule has 2 aromatic rings. The fourth-order valence-corrected chi connectivity index (χ4v) is 3.66. The van der Waals surface area contributed by atoms with Crippen molar-refractivity contribution in [2.75, 3.05) is 6.61 Å². The predicted molar refractivity (Wildman–Crippen MR) is 98.0 cm³/mol. The molecule has 5 nitrogen and oxygen atoms in total. The summed E-state index contributed by atoms with van der Waals surface area (Å²) in [5, 5.41) is 16.9. The van der Waals surface area contributed by atoms with Gasteiger partial charge in [0.05, 0.1) is 23.1 Å². The van der Waals surface area contributed by atoms with Crippen LogP contribution in [0.2, 0.25) is 0 Å². The van der Waals surface area contributed by atoms with Crippen LogP contribution in [0, 0.1) is 12.8 Å². The molecule has 0 unspecified atom stereocenters. The van der Waals surface area contributed by atoms with Crippen LogP contribution in [0.4, 0.5) is 0 Å². The number of aliphatic hydroxyl groups is 1. The summed E-state index contributed by atoms with van der Waals surface area (Å²) in [7, 11) is 0. The third-order valence-electron chi connectivity index (χ3n) is 5.23. The minimum atomic E-state index is -0.0378. The van der Waals surface area contributed by atoms with Crippen LogP contribution in [0.25, 0.3) is 5.69 Å². The van der Waals surface area contributed by atoms with Crippen LogP contribution in [-0.2, 0) is 6.42 Å². The van der Waals surface area contributed by atoms with E-state index in [-0.39, 0.29) is 18.6 Å². The van der Waals surface area contributed by atoms with Gasteiger partial charge in [-0.25, -0.2) is 4.68 Å². The maximum atomic E-state index is 12.8. The number of carbonyl (C=O) groups is 1. The van der Waals surface area contributed by atoms with E-state index in [2.05, 4.69) is 30.3 Å². The first kappa shape index (κ1) is 17.7. The van der Waals surface area contributed by atoms with E-state index in [1.165, 1.54) is 0 Å². The lowest BCUT2D eigenvalue weighted by Crippen LogP contribution is -2.38. The number of hydrogen-bond acceptors (Lipinski definition) is 3. The number of carbonyl (C=O) groups excluding carboxylic acids is 1. The SMILES string of the molecule is CCc1c(C(=O)NC2CCC(CO)CC2)cnn1-c1ccccc1C. The number of hydrogen-bond donors (Lipinski definition) is 2. The van der Waals surface area contributed by atoms with Crippen molar-refractivity contribution in [3.8, 4) is 5.69 Å². The molecule has 0 spiro atoms. The van der Waals surface area contributed by atoms with Crippen molar-refractivity contribution < 1.29 is 9.90 Å². The number of amides is 1. The Morgan fingerprint density at radius 1 is 1.28 bits per heavy atom. The van der Waals surface area contributed by atoms with Crippen LogP contribution in [0.3, 0.4) is 0 Å². The lowest BCUT2D eigenvalue weighted by molar-refractivity contribution is 0.0913. The summed E-state index contributed by atoms with van der Waals surface area (Å²) in [5.74, 6) is 0.354. The molecule has 134 valence electrons. The van der Waals surface area contributed by atoms with Gasteiger partial charge in [-0.05, 0) is 56.6 Å².